The molecule has 3 aromatic rings. The number of hydrogen-bond donors (Lipinski definition) is 0. The number of fused-ring (bicyclic) bond motifs is 2. The Morgan fingerprint density at radius 3 is 2.09 bits per heavy atom. The molecule has 0 amide bonds. The average molecular weight is 288 g/mol. The highest BCUT2D eigenvalue weighted by atomic mass is 17.2. The van der Waals surface area contributed by atoms with Gasteiger partial charge in [0.05, 0.1) is 0 Å². The molecule has 0 aromatic heterocycles. The van der Waals surface area contributed by atoms with Gasteiger partial charge < -0.3 is 0 Å². The minimum Gasteiger partial charge on any atom is -0.219 e. The van der Waals surface area contributed by atoms with Gasteiger partial charge in [0.2, 0.25) is 0 Å². The van der Waals surface area contributed by atoms with Crippen molar-refractivity contribution < 1.29 is 9.78 Å². The lowest BCUT2D eigenvalue weighted by atomic mass is 9.67. The molecule has 0 fully saturated rings. The van der Waals surface area contributed by atoms with E-state index in [9.17, 15) is 0 Å². The van der Waals surface area contributed by atoms with Gasteiger partial charge in [-0.3, -0.25) is 0 Å². The van der Waals surface area contributed by atoms with E-state index in [-0.39, 0.29) is 0 Å². The van der Waals surface area contributed by atoms with Gasteiger partial charge in [-0.25, -0.2) is 9.78 Å². The SMILES string of the molecule is CC12OOC(C)(c3ccccc31)c1c2ccc2ccccc12. The van der Waals surface area contributed by atoms with Gasteiger partial charge in [0, 0.05) is 5.56 Å². The van der Waals surface area contributed by atoms with Gasteiger partial charge in [-0.2, -0.15) is 0 Å². The van der Waals surface area contributed by atoms with E-state index in [1.165, 1.54) is 33.0 Å². The molecule has 3 aliphatic rings. The van der Waals surface area contributed by atoms with Crippen LogP contribution in [0.1, 0.15) is 36.1 Å². The molecule has 1 aliphatic carbocycles. The van der Waals surface area contributed by atoms with Gasteiger partial charge in [-0.05, 0) is 41.3 Å². The summed E-state index contributed by atoms with van der Waals surface area (Å²) in [6.45, 7) is 4.20. The monoisotopic (exact) mass is 288 g/mol. The van der Waals surface area contributed by atoms with E-state index < -0.39 is 11.2 Å². The predicted octanol–water partition coefficient (Wildman–Crippen LogP) is 4.64. The Bertz CT molecular complexity index is 930. The fourth-order valence-corrected chi connectivity index (χ4v) is 4.12. The van der Waals surface area contributed by atoms with Crippen molar-refractivity contribution in [1.82, 2.24) is 0 Å². The maximum Gasteiger partial charge on any atom is 0.152 e. The van der Waals surface area contributed by atoms with Crippen LogP contribution < -0.4 is 0 Å². The molecule has 3 aromatic carbocycles. The summed E-state index contributed by atoms with van der Waals surface area (Å²) < 4.78 is 0. The van der Waals surface area contributed by atoms with Crippen molar-refractivity contribution in [3.8, 4) is 0 Å². The molecule has 108 valence electrons. The predicted molar refractivity (Wildman–Crippen MR) is 85.5 cm³/mol. The molecule has 0 spiro atoms. The van der Waals surface area contributed by atoms with Crippen LogP contribution in [0.5, 0.6) is 0 Å². The zero-order chi connectivity index (χ0) is 14.9. The zero-order valence-electron chi connectivity index (χ0n) is 12.6. The van der Waals surface area contributed by atoms with Gasteiger partial charge in [0.25, 0.3) is 0 Å². The molecular weight excluding hydrogens is 272 g/mol. The highest BCUT2D eigenvalue weighted by Gasteiger charge is 2.55. The van der Waals surface area contributed by atoms with Crippen molar-refractivity contribution in [3.05, 3.63) is 82.9 Å². The summed E-state index contributed by atoms with van der Waals surface area (Å²) in [5.41, 5.74) is 3.73. The Kier molecular flexibility index (Phi) is 2.13. The summed E-state index contributed by atoms with van der Waals surface area (Å²) in [5, 5.41) is 2.48. The third kappa shape index (κ3) is 1.24. The summed E-state index contributed by atoms with van der Waals surface area (Å²) in [7, 11) is 0. The summed E-state index contributed by atoms with van der Waals surface area (Å²) in [4.78, 5) is 11.8. The summed E-state index contributed by atoms with van der Waals surface area (Å²) in [6.07, 6.45) is 0. The molecule has 22 heavy (non-hydrogen) atoms. The summed E-state index contributed by atoms with van der Waals surface area (Å²) >= 11 is 0. The lowest BCUT2D eigenvalue weighted by Crippen LogP contribution is -2.49. The van der Waals surface area contributed by atoms with Crippen LogP contribution in [-0.4, -0.2) is 0 Å². The van der Waals surface area contributed by atoms with Crippen molar-refractivity contribution >= 4 is 10.8 Å². The van der Waals surface area contributed by atoms with E-state index >= 15 is 0 Å². The van der Waals surface area contributed by atoms with E-state index in [1.807, 2.05) is 0 Å². The third-order valence-electron chi connectivity index (χ3n) is 5.25. The maximum absolute atomic E-state index is 5.93. The van der Waals surface area contributed by atoms with E-state index in [4.69, 9.17) is 9.78 Å². The molecule has 0 N–H and O–H groups in total. The first-order chi connectivity index (χ1) is 10.6. The van der Waals surface area contributed by atoms with Gasteiger partial charge >= 0.3 is 0 Å². The first-order valence-electron chi connectivity index (χ1n) is 7.64. The van der Waals surface area contributed by atoms with E-state index in [0.29, 0.717) is 0 Å². The molecule has 0 radical (unpaired) electrons. The Hall–Kier alpha value is -2.16. The molecule has 2 heteroatoms. The van der Waals surface area contributed by atoms with Crippen molar-refractivity contribution in [2.45, 2.75) is 25.0 Å². The highest BCUT2D eigenvalue weighted by molar-refractivity contribution is 5.89. The van der Waals surface area contributed by atoms with Crippen LogP contribution in [0, 0.1) is 0 Å². The fourth-order valence-electron chi connectivity index (χ4n) is 4.12. The molecule has 2 heterocycles. The lowest BCUT2D eigenvalue weighted by Gasteiger charge is -2.51. The average Bonchev–Trinajstić information content (AvgIpc) is 2.57. The summed E-state index contributed by atoms with van der Waals surface area (Å²) in [5.74, 6) is 0. The molecular formula is C20H16O2. The first kappa shape index (κ1) is 12.4. The Morgan fingerprint density at radius 2 is 1.27 bits per heavy atom. The number of hydrogen-bond acceptors (Lipinski definition) is 2. The Balaban J connectivity index is 1.99. The Morgan fingerprint density at radius 1 is 0.636 bits per heavy atom. The van der Waals surface area contributed by atoms with Crippen molar-refractivity contribution in [1.29, 1.82) is 0 Å². The fraction of sp³-hybridized carbons (Fsp3) is 0.200. The lowest BCUT2D eigenvalue weighted by molar-refractivity contribution is -0.421. The molecule has 2 nitrogen and oxygen atoms in total. The second-order valence-electron chi connectivity index (χ2n) is 6.49. The molecule has 0 saturated carbocycles. The second kappa shape index (κ2) is 3.78. The van der Waals surface area contributed by atoms with Gasteiger partial charge in [-0.15, -0.1) is 0 Å². The molecule has 2 aliphatic heterocycles. The largest absolute Gasteiger partial charge is 0.219 e. The van der Waals surface area contributed by atoms with E-state index in [0.717, 1.165) is 0 Å². The van der Waals surface area contributed by atoms with E-state index in [1.54, 1.807) is 0 Å². The van der Waals surface area contributed by atoms with Gasteiger partial charge in [0.15, 0.2) is 11.2 Å². The topological polar surface area (TPSA) is 18.5 Å². The van der Waals surface area contributed by atoms with Crippen LogP contribution in [0.4, 0.5) is 0 Å². The molecule has 2 atom stereocenters. The number of benzene rings is 3. The third-order valence-corrected chi connectivity index (χ3v) is 5.25. The maximum atomic E-state index is 5.93. The van der Waals surface area contributed by atoms with Crippen molar-refractivity contribution in [2.24, 2.45) is 0 Å². The van der Waals surface area contributed by atoms with Crippen LogP contribution in [-0.2, 0) is 21.0 Å². The van der Waals surface area contributed by atoms with Crippen LogP contribution in [0.2, 0.25) is 0 Å². The quantitative estimate of drug-likeness (QED) is 0.561. The van der Waals surface area contributed by atoms with Crippen molar-refractivity contribution in [2.75, 3.05) is 0 Å². The zero-order valence-corrected chi connectivity index (χ0v) is 12.6. The number of rotatable bonds is 0. The normalized spacial score (nSPS) is 28.5. The van der Waals surface area contributed by atoms with Gasteiger partial charge in [-0.1, -0.05) is 60.7 Å². The van der Waals surface area contributed by atoms with Crippen LogP contribution >= 0.6 is 0 Å². The smallest absolute Gasteiger partial charge is 0.152 e. The second-order valence-corrected chi connectivity index (χ2v) is 6.49. The standard InChI is InChI=1S/C20H16O2/c1-19-15-9-5-6-10-16(15)20(2,22-21-19)18-14-8-4-3-7-13(14)11-12-17(18)19/h3-12H,1-2H3. The van der Waals surface area contributed by atoms with Crippen molar-refractivity contribution in [3.63, 3.8) is 0 Å². The van der Waals surface area contributed by atoms with Crippen LogP contribution in [0.15, 0.2) is 60.7 Å². The van der Waals surface area contributed by atoms with Crippen LogP contribution in [0.3, 0.4) is 0 Å². The first-order valence-corrected chi connectivity index (χ1v) is 7.64. The molecule has 2 unspecified atom stereocenters. The molecule has 2 bridgehead atoms. The minimum absolute atomic E-state index is 0.548. The van der Waals surface area contributed by atoms with Gasteiger partial charge in [0.1, 0.15) is 0 Å². The van der Waals surface area contributed by atoms with Crippen LogP contribution in [0.25, 0.3) is 10.8 Å². The molecule has 0 saturated heterocycles. The van der Waals surface area contributed by atoms with E-state index in [2.05, 4.69) is 74.5 Å². The highest BCUT2D eigenvalue weighted by Crippen LogP contribution is 2.57. The summed E-state index contributed by atoms with van der Waals surface area (Å²) in [6, 6.07) is 21.3. The Labute approximate surface area is 129 Å². The molecule has 6 rings (SSSR count). The minimum atomic E-state index is -0.565.